The molecule has 0 bridgehead atoms. The molecule has 0 aromatic heterocycles. The predicted molar refractivity (Wildman–Crippen MR) is 74.7 cm³/mol. The number of hydrazine groups is 1. The maximum atomic E-state index is 13.5. The van der Waals surface area contributed by atoms with E-state index in [4.69, 9.17) is 17.4 Å². The van der Waals surface area contributed by atoms with Gasteiger partial charge in [-0.25, -0.2) is 9.82 Å². The normalized spacial score (nSPS) is 12.4. The molecular weight excluding hydrogens is 319 g/mol. The quantitative estimate of drug-likeness (QED) is 0.664. The molecule has 2 rings (SSSR count). The summed E-state index contributed by atoms with van der Waals surface area (Å²) < 4.78 is 14.0. The highest BCUT2D eigenvalue weighted by Crippen LogP contribution is 2.29. The lowest BCUT2D eigenvalue weighted by Crippen LogP contribution is -2.29. The van der Waals surface area contributed by atoms with Crippen molar-refractivity contribution in [1.29, 1.82) is 0 Å². The van der Waals surface area contributed by atoms with Crippen LogP contribution in [0.15, 0.2) is 46.9 Å². The van der Waals surface area contributed by atoms with Crippen molar-refractivity contribution in [2.24, 2.45) is 5.84 Å². The number of hydrogen-bond donors (Lipinski definition) is 2. The van der Waals surface area contributed by atoms with Gasteiger partial charge in [0.15, 0.2) is 0 Å². The molecule has 3 N–H and O–H groups in total. The largest absolute Gasteiger partial charge is 0.271 e. The van der Waals surface area contributed by atoms with Crippen molar-refractivity contribution in [2.75, 3.05) is 0 Å². The standard InChI is InChI=1S/C13H11BrClFN2/c14-10-6-5-8(7-12(10)16)13(18-17)9-3-1-2-4-11(9)15/h1-7,13,18H,17H2. The Labute approximate surface area is 118 Å². The van der Waals surface area contributed by atoms with Crippen LogP contribution in [0.25, 0.3) is 0 Å². The average Bonchev–Trinajstić information content (AvgIpc) is 2.37. The maximum absolute atomic E-state index is 13.5. The third-order valence-electron chi connectivity index (χ3n) is 2.66. The van der Waals surface area contributed by atoms with Gasteiger partial charge in [-0.1, -0.05) is 35.9 Å². The molecule has 0 saturated heterocycles. The van der Waals surface area contributed by atoms with E-state index in [2.05, 4.69) is 21.4 Å². The van der Waals surface area contributed by atoms with Crippen LogP contribution < -0.4 is 11.3 Å². The predicted octanol–water partition coefficient (Wildman–Crippen LogP) is 3.79. The molecule has 0 amide bonds. The molecule has 2 nitrogen and oxygen atoms in total. The van der Waals surface area contributed by atoms with Crippen molar-refractivity contribution in [3.8, 4) is 0 Å². The molecule has 2 aromatic rings. The van der Waals surface area contributed by atoms with Crippen LogP contribution >= 0.6 is 27.5 Å². The molecule has 2 aromatic carbocycles. The zero-order chi connectivity index (χ0) is 13.1. The highest BCUT2D eigenvalue weighted by Gasteiger charge is 2.16. The number of halogens is 3. The van der Waals surface area contributed by atoms with Crippen LogP contribution in [-0.2, 0) is 0 Å². The van der Waals surface area contributed by atoms with E-state index in [1.807, 2.05) is 18.2 Å². The molecular formula is C13H11BrClFN2. The number of nitrogens with one attached hydrogen (secondary N) is 1. The summed E-state index contributed by atoms with van der Waals surface area (Å²) in [5, 5.41) is 0.587. The fourth-order valence-corrected chi connectivity index (χ4v) is 2.26. The van der Waals surface area contributed by atoms with Crippen LogP contribution in [0.2, 0.25) is 5.02 Å². The summed E-state index contributed by atoms with van der Waals surface area (Å²) in [6, 6.07) is 11.8. The highest BCUT2D eigenvalue weighted by molar-refractivity contribution is 9.10. The Hall–Kier alpha value is -0.940. The van der Waals surface area contributed by atoms with Gasteiger partial charge in [0, 0.05) is 5.02 Å². The van der Waals surface area contributed by atoms with Crippen LogP contribution in [0.3, 0.4) is 0 Å². The fourth-order valence-electron chi connectivity index (χ4n) is 1.77. The second kappa shape index (κ2) is 5.80. The van der Waals surface area contributed by atoms with E-state index in [9.17, 15) is 4.39 Å². The molecule has 5 heteroatoms. The van der Waals surface area contributed by atoms with E-state index in [-0.39, 0.29) is 11.9 Å². The van der Waals surface area contributed by atoms with E-state index >= 15 is 0 Å². The van der Waals surface area contributed by atoms with Crippen LogP contribution in [0.1, 0.15) is 17.2 Å². The Balaban J connectivity index is 2.45. The molecule has 1 unspecified atom stereocenters. The van der Waals surface area contributed by atoms with Crippen molar-refractivity contribution < 1.29 is 4.39 Å². The van der Waals surface area contributed by atoms with E-state index in [0.29, 0.717) is 15.1 Å². The van der Waals surface area contributed by atoms with Crippen molar-refractivity contribution in [3.63, 3.8) is 0 Å². The first kappa shape index (κ1) is 13.5. The second-order valence-electron chi connectivity index (χ2n) is 3.79. The summed E-state index contributed by atoms with van der Waals surface area (Å²) in [6.07, 6.45) is 0. The molecule has 0 spiro atoms. The Morgan fingerprint density at radius 2 is 1.94 bits per heavy atom. The fraction of sp³-hybridized carbons (Fsp3) is 0.0769. The number of nitrogens with two attached hydrogens (primary N) is 1. The Morgan fingerprint density at radius 3 is 2.56 bits per heavy atom. The minimum atomic E-state index is -0.346. The van der Waals surface area contributed by atoms with Crippen molar-refractivity contribution in [2.45, 2.75) is 6.04 Å². The van der Waals surface area contributed by atoms with Crippen LogP contribution in [0.4, 0.5) is 4.39 Å². The first-order valence-electron chi connectivity index (χ1n) is 5.29. The number of benzene rings is 2. The van der Waals surface area contributed by atoms with E-state index < -0.39 is 0 Å². The maximum Gasteiger partial charge on any atom is 0.137 e. The van der Waals surface area contributed by atoms with Gasteiger partial charge in [0.2, 0.25) is 0 Å². The smallest absolute Gasteiger partial charge is 0.137 e. The average molecular weight is 330 g/mol. The summed E-state index contributed by atoms with van der Waals surface area (Å²) in [5.74, 6) is 5.22. The summed E-state index contributed by atoms with van der Waals surface area (Å²) in [7, 11) is 0. The first-order valence-corrected chi connectivity index (χ1v) is 6.46. The van der Waals surface area contributed by atoms with E-state index in [1.54, 1.807) is 18.2 Å². The summed E-state index contributed by atoms with van der Waals surface area (Å²) >= 11 is 9.24. The van der Waals surface area contributed by atoms with Gasteiger partial charge in [0.1, 0.15) is 5.82 Å². The van der Waals surface area contributed by atoms with Crippen LogP contribution in [0.5, 0.6) is 0 Å². The van der Waals surface area contributed by atoms with Gasteiger partial charge in [-0.15, -0.1) is 0 Å². The third-order valence-corrected chi connectivity index (χ3v) is 3.65. The molecule has 0 aliphatic rings. The number of hydrogen-bond acceptors (Lipinski definition) is 2. The third kappa shape index (κ3) is 2.72. The Bertz CT molecular complexity index is 562. The van der Waals surface area contributed by atoms with Gasteiger partial charge in [-0.05, 0) is 45.3 Å². The van der Waals surface area contributed by atoms with Crippen molar-refractivity contribution in [3.05, 3.63) is 68.9 Å². The summed E-state index contributed by atoms with van der Waals surface area (Å²) in [5.41, 5.74) is 4.18. The zero-order valence-electron chi connectivity index (χ0n) is 9.33. The molecule has 0 fully saturated rings. The SMILES string of the molecule is NNC(c1ccc(Br)c(F)c1)c1ccccc1Cl. The molecule has 0 saturated carbocycles. The van der Waals surface area contributed by atoms with Gasteiger partial charge in [0.05, 0.1) is 10.5 Å². The van der Waals surface area contributed by atoms with Crippen molar-refractivity contribution >= 4 is 27.5 Å². The minimum absolute atomic E-state index is 0.334. The van der Waals surface area contributed by atoms with Gasteiger partial charge in [-0.2, -0.15) is 0 Å². The first-order chi connectivity index (χ1) is 8.63. The van der Waals surface area contributed by atoms with Gasteiger partial charge >= 0.3 is 0 Å². The molecule has 0 radical (unpaired) electrons. The second-order valence-corrected chi connectivity index (χ2v) is 5.06. The zero-order valence-corrected chi connectivity index (χ0v) is 11.7. The van der Waals surface area contributed by atoms with Gasteiger partial charge in [0.25, 0.3) is 0 Å². The van der Waals surface area contributed by atoms with Crippen LogP contribution in [0, 0.1) is 5.82 Å². The molecule has 18 heavy (non-hydrogen) atoms. The molecule has 94 valence electrons. The Kier molecular flexibility index (Phi) is 4.35. The molecule has 1 atom stereocenters. The molecule has 0 heterocycles. The van der Waals surface area contributed by atoms with E-state index in [1.165, 1.54) is 6.07 Å². The Morgan fingerprint density at radius 1 is 1.22 bits per heavy atom. The monoisotopic (exact) mass is 328 g/mol. The molecule has 0 aliphatic carbocycles. The van der Waals surface area contributed by atoms with Gasteiger partial charge in [-0.3, -0.25) is 5.84 Å². The number of rotatable bonds is 3. The minimum Gasteiger partial charge on any atom is -0.271 e. The lowest BCUT2D eigenvalue weighted by Gasteiger charge is -2.18. The van der Waals surface area contributed by atoms with Crippen molar-refractivity contribution in [1.82, 2.24) is 5.43 Å². The van der Waals surface area contributed by atoms with Gasteiger partial charge < -0.3 is 0 Å². The van der Waals surface area contributed by atoms with Crippen LogP contribution in [-0.4, -0.2) is 0 Å². The topological polar surface area (TPSA) is 38.0 Å². The lowest BCUT2D eigenvalue weighted by molar-refractivity contribution is 0.601. The lowest BCUT2D eigenvalue weighted by atomic mass is 9.99. The highest BCUT2D eigenvalue weighted by atomic mass is 79.9. The molecule has 0 aliphatic heterocycles. The summed E-state index contributed by atoms with van der Waals surface area (Å²) in [6.45, 7) is 0. The van der Waals surface area contributed by atoms with E-state index in [0.717, 1.165) is 5.56 Å². The summed E-state index contributed by atoms with van der Waals surface area (Å²) in [4.78, 5) is 0.